The molecule has 0 atom stereocenters. The number of pyridine rings is 1. The highest BCUT2D eigenvalue weighted by atomic mass is 35.5. The lowest BCUT2D eigenvalue weighted by Crippen LogP contribution is -2.12. The SMILES string of the molecule is COc1cc(C(=O)Nc2nc3ccc(C(=O)O)cc3s2)cc(Cl)n1. The van der Waals surface area contributed by atoms with Gasteiger partial charge in [-0.3, -0.25) is 10.1 Å². The Balaban J connectivity index is 1.87. The van der Waals surface area contributed by atoms with Crippen LogP contribution in [0.15, 0.2) is 30.3 Å². The molecule has 0 saturated heterocycles. The summed E-state index contributed by atoms with van der Waals surface area (Å²) in [5, 5.41) is 12.1. The molecule has 0 fully saturated rings. The summed E-state index contributed by atoms with van der Waals surface area (Å²) in [6.45, 7) is 0. The third-order valence-corrected chi connectivity index (χ3v) is 4.22. The molecule has 1 aromatic carbocycles. The number of thiazole rings is 1. The van der Waals surface area contributed by atoms with Gasteiger partial charge in [0.15, 0.2) is 5.13 Å². The summed E-state index contributed by atoms with van der Waals surface area (Å²) in [7, 11) is 1.42. The summed E-state index contributed by atoms with van der Waals surface area (Å²) >= 11 is 7.03. The molecular weight excluding hydrogens is 354 g/mol. The van der Waals surface area contributed by atoms with Gasteiger partial charge in [0.25, 0.3) is 5.91 Å². The van der Waals surface area contributed by atoms with Gasteiger partial charge >= 0.3 is 5.97 Å². The Labute approximate surface area is 144 Å². The number of aromatic nitrogens is 2. The molecule has 24 heavy (non-hydrogen) atoms. The quantitative estimate of drug-likeness (QED) is 0.689. The molecule has 0 aliphatic rings. The predicted octanol–water partition coefficient (Wildman–Crippen LogP) is 3.30. The van der Waals surface area contributed by atoms with E-state index in [1.54, 1.807) is 6.07 Å². The van der Waals surface area contributed by atoms with Crippen LogP contribution in [0.25, 0.3) is 10.2 Å². The van der Waals surface area contributed by atoms with Crippen LogP contribution in [0.5, 0.6) is 5.88 Å². The summed E-state index contributed by atoms with van der Waals surface area (Å²) < 4.78 is 5.64. The minimum absolute atomic E-state index is 0.134. The van der Waals surface area contributed by atoms with Crippen molar-refractivity contribution in [3.05, 3.63) is 46.6 Å². The second-order valence-electron chi connectivity index (χ2n) is 4.68. The number of carboxylic acid groups (broad SMARTS) is 1. The van der Waals surface area contributed by atoms with Gasteiger partial charge in [0.2, 0.25) is 5.88 Å². The Morgan fingerprint density at radius 1 is 1.21 bits per heavy atom. The number of rotatable bonds is 4. The molecule has 2 heterocycles. The van der Waals surface area contributed by atoms with Crippen LogP contribution in [0.2, 0.25) is 5.15 Å². The molecular formula is C15H10ClN3O4S. The van der Waals surface area contributed by atoms with E-state index in [2.05, 4.69) is 15.3 Å². The van der Waals surface area contributed by atoms with Crippen LogP contribution >= 0.6 is 22.9 Å². The third-order valence-electron chi connectivity index (χ3n) is 3.10. The number of carbonyl (C=O) groups excluding carboxylic acids is 1. The molecule has 7 nitrogen and oxygen atoms in total. The second kappa shape index (κ2) is 6.42. The number of nitrogens with zero attached hydrogens (tertiary/aromatic N) is 2. The van der Waals surface area contributed by atoms with E-state index in [0.29, 0.717) is 15.3 Å². The van der Waals surface area contributed by atoms with Crippen LogP contribution in [0.3, 0.4) is 0 Å². The molecule has 3 aromatic rings. The summed E-state index contributed by atoms with van der Waals surface area (Å²) in [6.07, 6.45) is 0. The minimum atomic E-state index is -1.02. The van der Waals surface area contributed by atoms with Crippen molar-refractivity contribution in [1.29, 1.82) is 0 Å². The maximum absolute atomic E-state index is 12.3. The topological polar surface area (TPSA) is 101 Å². The number of hydrogen-bond donors (Lipinski definition) is 2. The Morgan fingerprint density at radius 2 is 2.00 bits per heavy atom. The van der Waals surface area contributed by atoms with E-state index in [1.807, 2.05) is 0 Å². The summed E-state index contributed by atoms with van der Waals surface area (Å²) in [5.41, 5.74) is 1.04. The van der Waals surface area contributed by atoms with E-state index < -0.39 is 11.9 Å². The van der Waals surface area contributed by atoms with Crippen molar-refractivity contribution in [3.63, 3.8) is 0 Å². The normalized spacial score (nSPS) is 10.6. The first-order chi connectivity index (χ1) is 11.5. The van der Waals surface area contributed by atoms with Gasteiger partial charge in [-0.1, -0.05) is 22.9 Å². The highest BCUT2D eigenvalue weighted by Gasteiger charge is 2.13. The summed E-state index contributed by atoms with van der Waals surface area (Å²) in [5.74, 6) is -1.22. The molecule has 122 valence electrons. The number of ether oxygens (including phenoxy) is 1. The van der Waals surface area contributed by atoms with Gasteiger partial charge in [-0.05, 0) is 24.3 Å². The fourth-order valence-corrected chi connectivity index (χ4v) is 3.09. The fourth-order valence-electron chi connectivity index (χ4n) is 1.99. The van der Waals surface area contributed by atoms with Gasteiger partial charge in [0, 0.05) is 11.6 Å². The van der Waals surface area contributed by atoms with Crippen LogP contribution in [-0.2, 0) is 0 Å². The average molecular weight is 364 g/mol. The second-order valence-corrected chi connectivity index (χ2v) is 6.10. The van der Waals surface area contributed by atoms with Crippen LogP contribution in [-0.4, -0.2) is 34.1 Å². The van der Waals surface area contributed by atoms with E-state index in [4.69, 9.17) is 21.4 Å². The lowest BCUT2D eigenvalue weighted by molar-refractivity contribution is 0.0697. The van der Waals surface area contributed by atoms with Gasteiger partial charge in [-0.2, -0.15) is 0 Å². The molecule has 9 heteroatoms. The minimum Gasteiger partial charge on any atom is -0.481 e. The first kappa shape index (κ1) is 16.2. The zero-order valence-corrected chi connectivity index (χ0v) is 13.8. The molecule has 0 spiro atoms. The van der Waals surface area contributed by atoms with Crippen molar-refractivity contribution in [2.24, 2.45) is 0 Å². The molecule has 0 aliphatic carbocycles. The number of benzene rings is 1. The molecule has 2 N–H and O–H groups in total. The molecule has 2 aromatic heterocycles. The number of carbonyl (C=O) groups is 2. The van der Waals surface area contributed by atoms with E-state index in [9.17, 15) is 9.59 Å². The number of hydrogen-bond acceptors (Lipinski definition) is 6. The zero-order chi connectivity index (χ0) is 17.3. The first-order valence-electron chi connectivity index (χ1n) is 6.63. The van der Waals surface area contributed by atoms with Gasteiger partial charge in [-0.15, -0.1) is 0 Å². The number of methoxy groups -OCH3 is 1. The van der Waals surface area contributed by atoms with E-state index in [1.165, 1.54) is 42.7 Å². The molecule has 0 bridgehead atoms. The molecule has 0 aliphatic heterocycles. The van der Waals surface area contributed by atoms with Crippen LogP contribution < -0.4 is 10.1 Å². The number of carboxylic acids is 1. The predicted molar refractivity (Wildman–Crippen MR) is 90.3 cm³/mol. The van der Waals surface area contributed by atoms with E-state index in [0.717, 1.165) is 0 Å². The Morgan fingerprint density at radius 3 is 2.71 bits per heavy atom. The molecule has 0 unspecified atom stereocenters. The third kappa shape index (κ3) is 3.29. The van der Waals surface area contributed by atoms with Gasteiger partial charge in [-0.25, -0.2) is 14.8 Å². The van der Waals surface area contributed by atoms with Crippen molar-refractivity contribution in [2.45, 2.75) is 0 Å². The highest BCUT2D eigenvalue weighted by molar-refractivity contribution is 7.22. The van der Waals surface area contributed by atoms with Crippen molar-refractivity contribution in [2.75, 3.05) is 12.4 Å². The summed E-state index contributed by atoms with van der Waals surface area (Å²) in [6, 6.07) is 7.43. The monoisotopic (exact) mass is 363 g/mol. The van der Waals surface area contributed by atoms with Crippen molar-refractivity contribution < 1.29 is 19.4 Å². The number of aromatic carboxylic acids is 1. The smallest absolute Gasteiger partial charge is 0.335 e. The number of anilines is 1. The molecule has 3 rings (SSSR count). The fraction of sp³-hybridized carbons (Fsp3) is 0.0667. The largest absolute Gasteiger partial charge is 0.481 e. The molecule has 0 radical (unpaired) electrons. The van der Waals surface area contributed by atoms with Gasteiger partial charge in [0.05, 0.1) is 22.9 Å². The standard InChI is InChI=1S/C15H10ClN3O4S/c1-23-12-6-8(5-11(16)18-12)13(20)19-15-17-9-3-2-7(14(21)22)4-10(9)24-15/h2-6H,1H3,(H,21,22)(H,17,19,20). The molecule has 1 amide bonds. The van der Waals surface area contributed by atoms with Crippen LogP contribution in [0, 0.1) is 0 Å². The maximum Gasteiger partial charge on any atom is 0.335 e. The Kier molecular flexibility index (Phi) is 4.32. The number of fused-ring (bicyclic) bond motifs is 1. The Bertz CT molecular complexity index is 957. The van der Waals surface area contributed by atoms with Gasteiger partial charge in [0.1, 0.15) is 5.15 Å². The number of halogens is 1. The number of nitrogens with one attached hydrogen (secondary N) is 1. The van der Waals surface area contributed by atoms with E-state index in [-0.39, 0.29) is 22.2 Å². The lowest BCUT2D eigenvalue weighted by Gasteiger charge is -2.04. The van der Waals surface area contributed by atoms with Crippen molar-refractivity contribution in [3.8, 4) is 5.88 Å². The lowest BCUT2D eigenvalue weighted by atomic mass is 10.2. The summed E-state index contributed by atoms with van der Waals surface area (Å²) in [4.78, 5) is 31.5. The van der Waals surface area contributed by atoms with E-state index >= 15 is 0 Å². The average Bonchev–Trinajstić information content (AvgIpc) is 2.95. The maximum atomic E-state index is 12.3. The number of amides is 1. The first-order valence-corrected chi connectivity index (χ1v) is 7.82. The van der Waals surface area contributed by atoms with Crippen LogP contribution in [0.1, 0.15) is 20.7 Å². The molecule has 0 saturated carbocycles. The Hall–Kier alpha value is -2.71. The van der Waals surface area contributed by atoms with Crippen molar-refractivity contribution in [1.82, 2.24) is 9.97 Å². The van der Waals surface area contributed by atoms with Crippen LogP contribution in [0.4, 0.5) is 5.13 Å². The van der Waals surface area contributed by atoms with Crippen molar-refractivity contribution >= 4 is 50.2 Å². The van der Waals surface area contributed by atoms with Gasteiger partial charge < -0.3 is 9.84 Å². The highest BCUT2D eigenvalue weighted by Crippen LogP contribution is 2.27. The zero-order valence-electron chi connectivity index (χ0n) is 12.2.